The molecule has 0 fully saturated rings. The van der Waals surface area contributed by atoms with Crippen LogP contribution < -0.4 is 5.32 Å². The minimum atomic E-state index is 0.0314. The molecule has 0 aromatic heterocycles. The molecule has 0 saturated heterocycles. The SMILES string of the molecule is CCC(CNC(=O)Cc1ccccc1Cl)N1CCc2ccccc2C1. The van der Waals surface area contributed by atoms with Gasteiger partial charge in [0, 0.05) is 30.7 Å². The second-order valence-electron chi connectivity index (χ2n) is 6.62. The Bertz CT molecular complexity index is 731. The molecular formula is C21H25ClN2O. The van der Waals surface area contributed by atoms with Gasteiger partial charge in [-0.25, -0.2) is 0 Å². The van der Waals surface area contributed by atoms with Crippen LogP contribution in [0.15, 0.2) is 48.5 Å². The molecule has 0 spiro atoms. The average Bonchev–Trinajstić information content (AvgIpc) is 2.64. The van der Waals surface area contributed by atoms with Crippen molar-refractivity contribution in [1.82, 2.24) is 10.2 Å². The van der Waals surface area contributed by atoms with Crippen molar-refractivity contribution >= 4 is 17.5 Å². The summed E-state index contributed by atoms with van der Waals surface area (Å²) >= 11 is 6.14. The summed E-state index contributed by atoms with van der Waals surface area (Å²) in [5, 5.41) is 3.74. The maximum Gasteiger partial charge on any atom is 0.224 e. The smallest absolute Gasteiger partial charge is 0.224 e. The summed E-state index contributed by atoms with van der Waals surface area (Å²) in [5.74, 6) is 0.0314. The van der Waals surface area contributed by atoms with Crippen LogP contribution in [-0.4, -0.2) is 29.9 Å². The Morgan fingerprint density at radius 1 is 1.16 bits per heavy atom. The second kappa shape index (κ2) is 8.50. The van der Waals surface area contributed by atoms with E-state index in [2.05, 4.69) is 41.4 Å². The molecule has 1 aliphatic heterocycles. The number of halogens is 1. The average molecular weight is 357 g/mol. The highest BCUT2D eigenvalue weighted by Crippen LogP contribution is 2.21. The number of benzene rings is 2. The molecule has 1 aliphatic rings. The molecular weight excluding hydrogens is 332 g/mol. The lowest BCUT2D eigenvalue weighted by Gasteiger charge is -2.35. The first-order chi connectivity index (χ1) is 12.2. The molecule has 1 N–H and O–H groups in total. The number of nitrogens with one attached hydrogen (secondary N) is 1. The van der Waals surface area contributed by atoms with Crippen molar-refractivity contribution in [2.24, 2.45) is 0 Å². The van der Waals surface area contributed by atoms with Gasteiger partial charge in [-0.05, 0) is 35.6 Å². The molecule has 2 aromatic rings. The number of amides is 1. The normalized spacial score (nSPS) is 15.4. The predicted molar refractivity (Wildman–Crippen MR) is 103 cm³/mol. The molecule has 0 aliphatic carbocycles. The lowest BCUT2D eigenvalue weighted by molar-refractivity contribution is -0.120. The molecule has 0 radical (unpaired) electrons. The fraction of sp³-hybridized carbons (Fsp3) is 0.381. The summed E-state index contributed by atoms with van der Waals surface area (Å²) in [7, 11) is 0. The van der Waals surface area contributed by atoms with Gasteiger partial charge in [-0.1, -0.05) is 61.0 Å². The molecule has 1 heterocycles. The van der Waals surface area contributed by atoms with Crippen LogP contribution >= 0.6 is 11.6 Å². The zero-order chi connectivity index (χ0) is 17.6. The first kappa shape index (κ1) is 18.0. The van der Waals surface area contributed by atoms with Gasteiger partial charge < -0.3 is 5.32 Å². The molecule has 3 rings (SSSR count). The molecule has 3 nitrogen and oxygen atoms in total. The summed E-state index contributed by atoms with van der Waals surface area (Å²) < 4.78 is 0. The number of hydrogen-bond acceptors (Lipinski definition) is 2. The van der Waals surface area contributed by atoms with Crippen molar-refractivity contribution in [3.05, 3.63) is 70.2 Å². The molecule has 4 heteroatoms. The van der Waals surface area contributed by atoms with Crippen molar-refractivity contribution < 1.29 is 4.79 Å². The van der Waals surface area contributed by atoms with Crippen LogP contribution in [0.1, 0.15) is 30.0 Å². The Kier molecular flexibility index (Phi) is 6.11. The second-order valence-corrected chi connectivity index (χ2v) is 7.03. The van der Waals surface area contributed by atoms with Crippen LogP contribution in [0.3, 0.4) is 0 Å². The van der Waals surface area contributed by atoms with E-state index in [-0.39, 0.29) is 5.91 Å². The number of carbonyl (C=O) groups is 1. The Hall–Kier alpha value is -1.84. The molecule has 2 aromatic carbocycles. The van der Waals surface area contributed by atoms with Crippen molar-refractivity contribution in [2.45, 2.75) is 38.8 Å². The standard InChI is InChI=1S/C21H25ClN2O/c1-2-19(24-12-11-16-7-3-4-9-18(16)15-24)14-23-21(25)13-17-8-5-6-10-20(17)22/h3-10,19H,2,11-15H2,1H3,(H,23,25). The van der Waals surface area contributed by atoms with Crippen molar-refractivity contribution in [2.75, 3.05) is 13.1 Å². The Labute approximate surface area is 155 Å². The van der Waals surface area contributed by atoms with Crippen LogP contribution in [0.5, 0.6) is 0 Å². The largest absolute Gasteiger partial charge is 0.354 e. The lowest BCUT2D eigenvalue weighted by atomic mass is 9.98. The van der Waals surface area contributed by atoms with E-state index in [1.54, 1.807) is 0 Å². The van der Waals surface area contributed by atoms with Gasteiger partial charge in [0.2, 0.25) is 5.91 Å². The quantitative estimate of drug-likeness (QED) is 0.853. The molecule has 1 atom stereocenters. The first-order valence-electron chi connectivity index (χ1n) is 8.98. The topological polar surface area (TPSA) is 32.3 Å². The van der Waals surface area contributed by atoms with Gasteiger partial charge in [0.1, 0.15) is 0 Å². The molecule has 25 heavy (non-hydrogen) atoms. The van der Waals surface area contributed by atoms with E-state index in [1.807, 2.05) is 24.3 Å². The van der Waals surface area contributed by atoms with Crippen LogP contribution in [-0.2, 0) is 24.2 Å². The van der Waals surface area contributed by atoms with Gasteiger partial charge in [-0.2, -0.15) is 0 Å². The monoisotopic (exact) mass is 356 g/mol. The van der Waals surface area contributed by atoms with E-state index in [9.17, 15) is 4.79 Å². The number of hydrogen-bond donors (Lipinski definition) is 1. The minimum Gasteiger partial charge on any atom is -0.354 e. The summed E-state index contributed by atoms with van der Waals surface area (Å²) in [4.78, 5) is 14.8. The van der Waals surface area contributed by atoms with E-state index in [0.29, 0.717) is 24.0 Å². The number of carbonyl (C=O) groups excluding carboxylic acids is 1. The van der Waals surface area contributed by atoms with Crippen molar-refractivity contribution in [1.29, 1.82) is 0 Å². The highest BCUT2D eigenvalue weighted by atomic mass is 35.5. The molecule has 1 unspecified atom stereocenters. The van der Waals surface area contributed by atoms with Crippen LogP contribution in [0, 0.1) is 0 Å². The Balaban J connectivity index is 1.54. The summed E-state index contributed by atoms with van der Waals surface area (Å²) in [6, 6.07) is 16.5. The zero-order valence-electron chi connectivity index (χ0n) is 14.7. The van der Waals surface area contributed by atoms with Gasteiger partial charge >= 0.3 is 0 Å². The third-order valence-corrected chi connectivity index (χ3v) is 5.36. The zero-order valence-corrected chi connectivity index (χ0v) is 15.4. The maximum absolute atomic E-state index is 12.3. The lowest BCUT2D eigenvalue weighted by Crippen LogP contribution is -2.46. The van der Waals surface area contributed by atoms with E-state index < -0.39 is 0 Å². The van der Waals surface area contributed by atoms with Crippen molar-refractivity contribution in [3.8, 4) is 0 Å². The minimum absolute atomic E-state index is 0.0314. The highest BCUT2D eigenvalue weighted by Gasteiger charge is 2.22. The van der Waals surface area contributed by atoms with E-state index in [4.69, 9.17) is 11.6 Å². The third-order valence-electron chi connectivity index (χ3n) is 4.99. The summed E-state index contributed by atoms with van der Waals surface area (Å²) in [6.45, 7) is 4.89. The molecule has 132 valence electrons. The van der Waals surface area contributed by atoms with Crippen molar-refractivity contribution in [3.63, 3.8) is 0 Å². The van der Waals surface area contributed by atoms with Crippen LogP contribution in [0.2, 0.25) is 5.02 Å². The summed E-state index contributed by atoms with van der Waals surface area (Å²) in [5.41, 5.74) is 3.74. The fourth-order valence-corrected chi connectivity index (χ4v) is 3.67. The number of nitrogens with zero attached hydrogens (tertiary/aromatic N) is 1. The number of rotatable bonds is 6. The maximum atomic E-state index is 12.3. The third kappa shape index (κ3) is 4.62. The van der Waals surface area contributed by atoms with E-state index >= 15 is 0 Å². The van der Waals surface area contributed by atoms with E-state index in [0.717, 1.165) is 31.5 Å². The van der Waals surface area contributed by atoms with Gasteiger partial charge in [0.15, 0.2) is 0 Å². The van der Waals surface area contributed by atoms with Gasteiger partial charge in [0.25, 0.3) is 0 Å². The van der Waals surface area contributed by atoms with Gasteiger partial charge in [0.05, 0.1) is 6.42 Å². The first-order valence-corrected chi connectivity index (χ1v) is 9.36. The van der Waals surface area contributed by atoms with Gasteiger partial charge in [-0.15, -0.1) is 0 Å². The van der Waals surface area contributed by atoms with Crippen LogP contribution in [0.4, 0.5) is 0 Å². The molecule has 0 bridgehead atoms. The van der Waals surface area contributed by atoms with E-state index in [1.165, 1.54) is 11.1 Å². The number of fused-ring (bicyclic) bond motifs is 1. The molecule has 1 amide bonds. The Morgan fingerprint density at radius 2 is 1.88 bits per heavy atom. The van der Waals surface area contributed by atoms with Gasteiger partial charge in [-0.3, -0.25) is 9.69 Å². The highest BCUT2D eigenvalue weighted by molar-refractivity contribution is 6.31. The fourth-order valence-electron chi connectivity index (χ4n) is 3.47. The Morgan fingerprint density at radius 3 is 2.64 bits per heavy atom. The van der Waals surface area contributed by atoms with Crippen LogP contribution in [0.25, 0.3) is 0 Å². The summed E-state index contributed by atoms with van der Waals surface area (Å²) in [6.07, 6.45) is 2.44. The molecule has 0 saturated carbocycles. The predicted octanol–water partition coefficient (Wildman–Crippen LogP) is 3.84.